The number of methoxy groups -OCH3 is 1. The summed E-state index contributed by atoms with van der Waals surface area (Å²) in [6.07, 6.45) is 1.57. The molecule has 2 fully saturated rings. The molecule has 2 saturated heterocycles. The number of pyridine rings is 1. The lowest BCUT2D eigenvalue weighted by atomic mass is 9.96. The average molecular weight is 490 g/mol. The maximum Gasteiger partial charge on any atom is 0.255 e. The minimum absolute atomic E-state index is 0.0570. The fourth-order valence-corrected chi connectivity index (χ4v) is 4.23. The van der Waals surface area contributed by atoms with Crippen LogP contribution in [-0.2, 0) is 14.3 Å². The van der Waals surface area contributed by atoms with Crippen molar-refractivity contribution in [1.29, 1.82) is 0 Å². The molecule has 0 bridgehead atoms. The first-order chi connectivity index (χ1) is 16.5. The van der Waals surface area contributed by atoms with Crippen LogP contribution in [0.3, 0.4) is 0 Å². The van der Waals surface area contributed by atoms with Crippen molar-refractivity contribution in [2.45, 2.75) is 12.0 Å². The molecular formula is C24H28ClN3O6. The highest BCUT2D eigenvalue weighted by atomic mass is 35.5. The lowest BCUT2D eigenvalue weighted by Gasteiger charge is -2.43. The predicted octanol–water partition coefficient (Wildman–Crippen LogP) is 2.28. The Morgan fingerprint density at radius 1 is 1.12 bits per heavy atom. The zero-order valence-electron chi connectivity index (χ0n) is 19.1. The van der Waals surface area contributed by atoms with E-state index in [1.165, 1.54) is 13.3 Å². The summed E-state index contributed by atoms with van der Waals surface area (Å²) < 4.78 is 22.6. The molecule has 34 heavy (non-hydrogen) atoms. The van der Waals surface area contributed by atoms with Crippen molar-refractivity contribution in [1.82, 2.24) is 14.8 Å². The summed E-state index contributed by atoms with van der Waals surface area (Å²) in [7, 11) is 1.52. The third-order valence-electron chi connectivity index (χ3n) is 5.86. The molecule has 1 atom stereocenters. The number of aromatic nitrogens is 1. The highest BCUT2D eigenvalue weighted by Gasteiger charge is 2.42. The molecule has 1 unspecified atom stereocenters. The Hall–Kier alpha value is -2.88. The van der Waals surface area contributed by atoms with Crippen molar-refractivity contribution in [3.05, 3.63) is 53.2 Å². The molecule has 10 heteroatoms. The monoisotopic (exact) mass is 489 g/mol. The van der Waals surface area contributed by atoms with Crippen LogP contribution >= 0.6 is 11.6 Å². The van der Waals surface area contributed by atoms with E-state index >= 15 is 0 Å². The molecule has 0 saturated carbocycles. The molecular weight excluding hydrogens is 462 g/mol. The van der Waals surface area contributed by atoms with Crippen molar-refractivity contribution in [3.8, 4) is 11.6 Å². The van der Waals surface area contributed by atoms with E-state index in [9.17, 15) is 9.59 Å². The van der Waals surface area contributed by atoms with Gasteiger partial charge < -0.3 is 28.7 Å². The van der Waals surface area contributed by atoms with Crippen molar-refractivity contribution in [3.63, 3.8) is 0 Å². The Kier molecular flexibility index (Phi) is 7.87. The van der Waals surface area contributed by atoms with Gasteiger partial charge in [-0.05, 0) is 24.3 Å². The van der Waals surface area contributed by atoms with Crippen LogP contribution in [0, 0.1) is 0 Å². The van der Waals surface area contributed by atoms with E-state index < -0.39 is 5.60 Å². The summed E-state index contributed by atoms with van der Waals surface area (Å²) in [4.78, 5) is 33.9. The zero-order valence-corrected chi connectivity index (χ0v) is 19.8. The van der Waals surface area contributed by atoms with Crippen LogP contribution in [0.2, 0.25) is 5.02 Å². The number of hydrogen-bond donors (Lipinski definition) is 0. The molecule has 2 aliphatic heterocycles. The third-order valence-corrected chi connectivity index (χ3v) is 6.10. The number of rotatable bonds is 7. The average Bonchev–Trinajstić information content (AvgIpc) is 2.88. The fourth-order valence-electron chi connectivity index (χ4n) is 4.05. The minimum Gasteiger partial charge on any atom is -0.490 e. The number of morpholine rings is 2. The molecule has 2 aromatic rings. The third kappa shape index (κ3) is 5.97. The van der Waals surface area contributed by atoms with E-state index in [2.05, 4.69) is 4.98 Å². The number of hydrogen-bond acceptors (Lipinski definition) is 7. The largest absolute Gasteiger partial charge is 0.490 e. The van der Waals surface area contributed by atoms with Crippen molar-refractivity contribution < 1.29 is 28.5 Å². The number of halogens is 1. The molecule has 2 aliphatic rings. The number of benzene rings is 1. The van der Waals surface area contributed by atoms with Crippen LogP contribution < -0.4 is 9.47 Å². The Labute approximate surface area is 203 Å². The van der Waals surface area contributed by atoms with Crippen LogP contribution in [0.5, 0.6) is 11.6 Å². The maximum absolute atomic E-state index is 13.2. The van der Waals surface area contributed by atoms with E-state index in [1.807, 2.05) is 0 Å². The second-order valence-electron chi connectivity index (χ2n) is 8.26. The molecule has 0 aliphatic carbocycles. The first-order valence-electron chi connectivity index (χ1n) is 11.2. The van der Waals surface area contributed by atoms with Gasteiger partial charge in [-0.15, -0.1) is 0 Å². The van der Waals surface area contributed by atoms with Gasteiger partial charge in [-0.2, -0.15) is 0 Å². The van der Waals surface area contributed by atoms with Crippen LogP contribution in [-0.4, -0.2) is 91.9 Å². The second-order valence-corrected chi connectivity index (χ2v) is 8.70. The molecule has 4 rings (SSSR count). The second kappa shape index (κ2) is 11.0. The maximum atomic E-state index is 13.2. The summed E-state index contributed by atoms with van der Waals surface area (Å²) in [5.41, 5.74) is -0.572. The molecule has 2 amide bonds. The number of carbonyl (C=O) groups is 2. The van der Waals surface area contributed by atoms with Gasteiger partial charge in [0.2, 0.25) is 11.8 Å². The van der Waals surface area contributed by atoms with Crippen LogP contribution in [0.15, 0.2) is 42.6 Å². The Bertz CT molecular complexity index is 998. The highest BCUT2D eigenvalue weighted by molar-refractivity contribution is 6.30. The van der Waals surface area contributed by atoms with E-state index in [0.717, 1.165) is 0 Å². The molecule has 3 heterocycles. The first kappa shape index (κ1) is 24.3. The Morgan fingerprint density at radius 2 is 1.91 bits per heavy atom. The minimum atomic E-state index is -1.01. The van der Waals surface area contributed by atoms with Gasteiger partial charge in [-0.3, -0.25) is 9.59 Å². The van der Waals surface area contributed by atoms with E-state index in [-0.39, 0.29) is 38.0 Å². The number of amides is 2. The quantitative estimate of drug-likeness (QED) is 0.589. The summed E-state index contributed by atoms with van der Waals surface area (Å²) in [6, 6.07) is 10.4. The van der Waals surface area contributed by atoms with Gasteiger partial charge in [0.1, 0.15) is 18.0 Å². The molecule has 1 aromatic heterocycles. The van der Waals surface area contributed by atoms with Gasteiger partial charge in [0.15, 0.2) is 0 Å². The van der Waals surface area contributed by atoms with Crippen molar-refractivity contribution in [2.24, 2.45) is 0 Å². The fraction of sp³-hybridized carbons (Fsp3) is 0.458. The summed E-state index contributed by atoms with van der Waals surface area (Å²) in [6.45, 7) is 3.05. The molecule has 0 spiro atoms. The predicted molar refractivity (Wildman–Crippen MR) is 124 cm³/mol. The van der Waals surface area contributed by atoms with Gasteiger partial charge in [-0.25, -0.2) is 4.98 Å². The highest BCUT2D eigenvalue weighted by Crippen LogP contribution is 2.27. The van der Waals surface area contributed by atoms with Gasteiger partial charge in [0, 0.05) is 36.9 Å². The molecule has 0 radical (unpaired) electrons. The van der Waals surface area contributed by atoms with Crippen LogP contribution in [0.1, 0.15) is 16.8 Å². The van der Waals surface area contributed by atoms with E-state index in [4.69, 9.17) is 30.5 Å². The van der Waals surface area contributed by atoms with Crippen molar-refractivity contribution >= 4 is 23.4 Å². The van der Waals surface area contributed by atoms with Gasteiger partial charge >= 0.3 is 0 Å². The Morgan fingerprint density at radius 3 is 2.62 bits per heavy atom. The smallest absolute Gasteiger partial charge is 0.255 e. The summed E-state index contributed by atoms with van der Waals surface area (Å²) in [5, 5.41) is 0.546. The zero-order chi connectivity index (χ0) is 24.0. The normalized spacial score (nSPS) is 20.6. The molecule has 9 nitrogen and oxygen atoms in total. The topological polar surface area (TPSA) is 90.4 Å². The van der Waals surface area contributed by atoms with Gasteiger partial charge in [0.05, 0.1) is 45.5 Å². The SMILES string of the molecule is COc1ccc(C(=O)N2CCOC(COc3cccc(Cl)c3)(CC(=O)N3CCOCC3)C2)cn1. The Balaban J connectivity index is 1.52. The molecule has 182 valence electrons. The standard InChI is InChI=1S/C24H28ClN3O6/c1-31-21-6-5-18(15-26-21)23(30)28-9-12-34-24(16-28,14-22(29)27-7-10-32-11-8-27)17-33-20-4-2-3-19(25)13-20/h2-6,13,15H,7-12,14,16-17H2,1H3. The van der Waals surface area contributed by atoms with Gasteiger partial charge in [-0.1, -0.05) is 17.7 Å². The number of carbonyl (C=O) groups excluding carboxylic acids is 2. The first-order valence-corrected chi connectivity index (χ1v) is 11.5. The van der Waals surface area contributed by atoms with Crippen molar-refractivity contribution in [2.75, 3.05) is 59.7 Å². The van der Waals surface area contributed by atoms with Gasteiger partial charge in [0.25, 0.3) is 5.91 Å². The van der Waals surface area contributed by atoms with E-state index in [0.29, 0.717) is 55.1 Å². The van der Waals surface area contributed by atoms with Crippen LogP contribution in [0.25, 0.3) is 0 Å². The number of ether oxygens (including phenoxy) is 4. The summed E-state index contributed by atoms with van der Waals surface area (Å²) >= 11 is 6.09. The molecule has 1 aromatic carbocycles. The lowest BCUT2D eigenvalue weighted by molar-refractivity contribution is -0.155. The lowest BCUT2D eigenvalue weighted by Crippen LogP contribution is -2.58. The van der Waals surface area contributed by atoms with Crippen LogP contribution in [0.4, 0.5) is 0 Å². The summed E-state index contributed by atoms with van der Waals surface area (Å²) in [5.74, 6) is 0.749. The molecule has 0 N–H and O–H groups in total. The number of nitrogens with zero attached hydrogens (tertiary/aromatic N) is 3. The van der Waals surface area contributed by atoms with E-state index in [1.54, 1.807) is 46.2 Å².